The summed E-state index contributed by atoms with van der Waals surface area (Å²) in [5.74, 6) is 1.47. The Bertz CT molecular complexity index is 870. The van der Waals surface area contributed by atoms with E-state index in [0.717, 1.165) is 55.5 Å². The van der Waals surface area contributed by atoms with E-state index in [4.69, 9.17) is 9.72 Å². The third-order valence-electron chi connectivity index (χ3n) is 4.77. The molecular weight excluding hydrogens is 328 g/mol. The van der Waals surface area contributed by atoms with Crippen LogP contribution in [0.25, 0.3) is 5.65 Å². The first kappa shape index (κ1) is 17.0. The Labute approximate surface area is 153 Å². The van der Waals surface area contributed by atoms with E-state index in [0.29, 0.717) is 5.92 Å². The van der Waals surface area contributed by atoms with Gasteiger partial charge in [-0.1, -0.05) is 13.8 Å². The zero-order valence-corrected chi connectivity index (χ0v) is 15.7. The largest absolute Gasteiger partial charge is 0.374 e. The molecule has 26 heavy (non-hydrogen) atoms. The molecule has 0 bridgehead atoms. The van der Waals surface area contributed by atoms with E-state index >= 15 is 0 Å². The molecule has 4 rings (SSSR count). The van der Waals surface area contributed by atoms with Crippen LogP contribution in [0.2, 0.25) is 0 Å². The quantitative estimate of drug-likeness (QED) is 0.721. The summed E-state index contributed by atoms with van der Waals surface area (Å²) in [6.07, 6.45) is 4.88. The predicted octanol–water partition coefficient (Wildman–Crippen LogP) is 2.65. The second kappa shape index (κ2) is 7.07. The van der Waals surface area contributed by atoms with Gasteiger partial charge in [0, 0.05) is 49.9 Å². The molecule has 138 valence electrons. The molecule has 1 aliphatic heterocycles. The van der Waals surface area contributed by atoms with E-state index < -0.39 is 0 Å². The van der Waals surface area contributed by atoms with Gasteiger partial charge in [-0.15, -0.1) is 0 Å². The van der Waals surface area contributed by atoms with Crippen LogP contribution in [0.15, 0.2) is 30.6 Å². The monoisotopic (exact) mass is 354 g/mol. The average molecular weight is 354 g/mol. The third kappa shape index (κ3) is 3.44. The Morgan fingerprint density at radius 1 is 1.31 bits per heavy atom. The van der Waals surface area contributed by atoms with Gasteiger partial charge in [0.25, 0.3) is 0 Å². The van der Waals surface area contributed by atoms with Gasteiger partial charge in [-0.3, -0.25) is 4.68 Å². The van der Waals surface area contributed by atoms with Crippen molar-refractivity contribution in [2.45, 2.75) is 45.8 Å². The Morgan fingerprint density at radius 2 is 2.19 bits per heavy atom. The van der Waals surface area contributed by atoms with Gasteiger partial charge in [0.05, 0.1) is 18.3 Å². The molecule has 0 aromatic carbocycles. The topological polar surface area (TPSA) is 60.5 Å². The molecule has 1 atom stereocenters. The first-order valence-corrected chi connectivity index (χ1v) is 9.31. The minimum Gasteiger partial charge on any atom is -0.374 e. The fraction of sp³-hybridized carbons (Fsp3) is 0.526. The number of hydrogen-bond donors (Lipinski definition) is 0. The zero-order chi connectivity index (χ0) is 18.1. The lowest BCUT2D eigenvalue weighted by Crippen LogP contribution is -2.35. The summed E-state index contributed by atoms with van der Waals surface area (Å²) in [6.45, 7) is 9.66. The van der Waals surface area contributed by atoms with Gasteiger partial charge in [-0.05, 0) is 25.3 Å². The standard InChI is InChI=1S/C19H26N6O/c1-14(2)17-11-19(25-18(21-17)10-15(3)22-25)23-7-5-9-26-16(12-23)13-24-8-4-6-20-24/h4,6,8,10-11,14,16H,5,7,9,12-13H2,1-3H3/t16-/m1/s1. The van der Waals surface area contributed by atoms with Crippen LogP contribution in [-0.2, 0) is 11.3 Å². The summed E-state index contributed by atoms with van der Waals surface area (Å²) >= 11 is 0. The van der Waals surface area contributed by atoms with E-state index in [-0.39, 0.29) is 6.10 Å². The number of ether oxygens (including phenoxy) is 1. The van der Waals surface area contributed by atoms with Gasteiger partial charge >= 0.3 is 0 Å². The van der Waals surface area contributed by atoms with Crippen molar-refractivity contribution in [3.8, 4) is 0 Å². The Morgan fingerprint density at radius 3 is 2.96 bits per heavy atom. The number of aryl methyl sites for hydroxylation is 1. The van der Waals surface area contributed by atoms with Gasteiger partial charge in [0.1, 0.15) is 5.82 Å². The average Bonchev–Trinajstić information content (AvgIpc) is 3.18. The molecule has 0 unspecified atom stereocenters. The highest BCUT2D eigenvalue weighted by Crippen LogP contribution is 2.24. The molecular formula is C19H26N6O. The molecule has 4 heterocycles. The number of anilines is 1. The Hall–Kier alpha value is -2.41. The summed E-state index contributed by atoms with van der Waals surface area (Å²) in [5, 5.41) is 8.99. The van der Waals surface area contributed by atoms with Crippen molar-refractivity contribution in [2.75, 3.05) is 24.6 Å². The first-order valence-electron chi connectivity index (χ1n) is 9.31. The second-order valence-electron chi connectivity index (χ2n) is 7.27. The maximum Gasteiger partial charge on any atom is 0.157 e. The van der Waals surface area contributed by atoms with Crippen LogP contribution in [0.4, 0.5) is 5.82 Å². The highest BCUT2D eigenvalue weighted by atomic mass is 16.5. The van der Waals surface area contributed by atoms with Crippen molar-refractivity contribution in [3.05, 3.63) is 42.0 Å². The van der Waals surface area contributed by atoms with E-state index in [1.807, 2.05) is 40.6 Å². The molecule has 0 spiro atoms. The molecule has 1 saturated heterocycles. The SMILES string of the molecule is Cc1cc2nc(C(C)C)cc(N3CCCO[C@@H](Cn4cccn4)C3)n2n1. The van der Waals surface area contributed by atoms with Gasteiger partial charge in [-0.25, -0.2) is 4.98 Å². The minimum atomic E-state index is 0.0970. The number of aromatic nitrogens is 5. The van der Waals surface area contributed by atoms with Crippen molar-refractivity contribution >= 4 is 11.5 Å². The lowest BCUT2D eigenvalue weighted by Gasteiger charge is -2.26. The summed E-state index contributed by atoms with van der Waals surface area (Å²) < 4.78 is 9.98. The van der Waals surface area contributed by atoms with Gasteiger partial charge in [0.2, 0.25) is 0 Å². The molecule has 0 radical (unpaired) electrons. The van der Waals surface area contributed by atoms with Gasteiger partial charge < -0.3 is 9.64 Å². The fourth-order valence-corrected chi connectivity index (χ4v) is 3.44. The van der Waals surface area contributed by atoms with E-state index in [9.17, 15) is 0 Å². The number of nitrogens with zero attached hydrogens (tertiary/aromatic N) is 6. The zero-order valence-electron chi connectivity index (χ0n) is 15.7. The Kier molecular flexibility index (Phi) is 4.63. The number of rotatable bonds is 4. The lowest BCUT2D eigenvalue weighted by molar-refractivity contribution is 0.0543. The number of hydrogen-bond acceptors (Lipinski definition) is 5. The van der Waals surface area contributed by atoms with E-state index in [2.05, 4.69) is 35.0 Å². The molecule has 3 aromatic rings. The van der Waals surface area contributed by atoms with Crippen molar-refractivity contribution in [3.63, 3.8) is 0 Å². The van der Waals surface area contributed by atoms with Crippen molar-refractivity contribution in [1.29, 1.82) is 0 Å². The normalized spacial score (nSPS) is 18.6. The van der Waals surface area contributed by atoms with Crippen LogP contribution in [-0.4, -0.2) is 50.2 Å². The summed E-state index contributed by atoms with van der Waals surface area (Å²) in [7, 11) is 0. The summed E-state index contributed by atoms with van der Waals surface area (Å²) in [6, 6.07) is 6.17. The van der Waals surface area contributed by atoms with Crippen LogP contribution in [0.5, 0.6) is 0 Å². The maximum absolute atomic E-state index is 6.08. The molecule has 3 aromatic heterocycles. The van der Waals surface area contributed by atoms with Gasteiger partial charge in [0.15, 0.2) is 5.65 Å². The Balaban J connectivity index is 1.68. The molecule has 1 fully saturated rings. The van der Waals surface area contributed by atoms with Crippen LogP contribution >= 0.6 is 0 Å². The molecule has 0 saturated carbocycles. The molecule has 0 amide bonds. The second-order valence-corrected chi connectivity index (χ2v) is 7.27. The molecule has 1 aliphatic rings. The minimum absolute atomic E-state index is 0.0970. The molecule has 0 aliphatic carbocycles. The summed E-state index contributed by atoms with van der Waals surface area (Å²) in [4.78, 5) is 7.17. The molecule has 7 nitrogen and oxygen atoms in total. The van der Waals surface area contributed by atoms with E-state index in [1.165, 1.54) is 0 Å². The third-order valence-corrected chi connectivity index (χ3v) is 4.77. The van der Waals surface area contributed by atoms with E-state index in [1.54, 1.807) is 0 Å². The molecule has 0 N–H and O–H groups in total. The summed E-state index contributed by atoms with van der Waals surface area (Å²) in [5.41, 5.74) is 3.00. The van der Waals surface area contributed by atoms with Crippen LogP contribution < -0.4 is 4.90 Å². The fourth-order valence-electron chi connectivity index (χ4n) is 3.44. The van der Waals surface area contributed by atoms with Crippen molar-refractivity contribution < 1.29 is 4.74 Å². The maximum atomic E-state index is 6.08. The molecule has 7 heteroatoms. The smallest absolute Gasteiger partial charge is 0.157 e. The lowest BCUT2D eigenvalue weighted by atomic mass is 10.1. The van der Waals surface area contributed by atoms with Crippen LogP contribution in [0, 0.1) is 6.92 Å². The van der Waals surface area contributed by atoms with Crippen LogP contribution in [0.1, 0.15) is 37.6 Å². The first-order chi connectivity index (χ1) is 12.6. The van der Waals surface area contributed by atoms with Gasteiger partial charge in [-0.2, -0.15) is 14.7 Å². The van der Waals surface area contributed by atoms with Crippen LogP contribution in [0.3, 0.4) is 0 Å². The van der Waals surface area contributed by atoms with Crippen molar-refractivity contribution in [2.24, 2.45) is 0 Å². The predicted molar refractivity (Wildman–Crippen MR) is 101 cm³/mol. The number of fused-ring (bicyclic) bond motifs is 1. The highest BCUT2D eigenvalue weighted by molar-refractivity contribution is 5.52. The highest BCUT2D eigenvalue weighted by Gasteiger charge is 2.23. The van der Waals surface area contributed by atoms with Crippen molar-refractivity contribution in [1.82, 2.24) is 24.4 Å².